The zero-order valence-electron chi connectivity index (χ0n) is 9.30. The molecule has 1 N–H and O–H groups in total. The molecule has 0 bridgehead atoms. The van der Waals surface area contributed by atoms with E-state index in [4.69, 9.17) is 23.2 Å². The minimum atomic E-state index is 0.228. The van der Waals surface area contributed by atoms with Crippen LogP contribution in [0, 0.1) is 5.92 Å². The van der Waals surface area contributed by atoms with Crippen molar-refractivity contribution in [3.63, 3.8) is 0 Å². The molecule has 0 aliphatic carbocycles. The molecule has 0 fully saturated rings. The number of halogens is 3. The van der Waals surface area contributed by atoms with Gasteiger partial charge in [-0.25, -0.2) is 4.98 Å². The maximum Gasteiger partial charge on any atom is 0.140 e. The predicted octanol–water partition coefficient (Wildman–Crippen LogP) is 4.56. The van der Waals surface area contributed by atoms with Gasteiger partial charge in [-0.3, -0.25) is 0 Å². The maximum atomic E-state index is 5.91. The Labute approximate surface area is 115 Å². The number of aromatic nitrogens is 1. The SMILES string of the molecule is CC(C)CC(CCl)Nc1ncc(Cl)cc1Br. The first kappa shape index (κ1) is 14.1. The van der Waals surface area contributed by atoms with Gasteiger partial charge < -0.3 is 5.32 Å². The Morgan fingerprint density at radius 1 is 1.50 bits per heavy atom. The van der Waals surface area contributed by atoms with Gasteiger partial charge in [-0.05, 0) is 34.3 Å². The van der Waals surface area contributed by atoms with E-state index in [1.807, 2.05) is 6.07 Å². The van der Waals surface area contributed by atoms with Gasteiger partial charge in [0.15, 0.2) is 0 Å². The number of hydrogen-bond acceptors (Lipinski definition) is 2. The van der Waals surface area contributed by atoms with Gasteiger partial charge in [-0.15, -0.1) is 11.6 Å². The van der Waals surface area contributed by atoms with Gasteiger partial charge in [0.1, 0.15) is 5.82 Å². The zero-order valence-corrected chi connectivity index (χ0v) is 12.4. The van der Waals surface area contributed by atoms with Crippen LogP contribution in [0.3, 0.4) is 0 Å². The second-order valence-corrected chi connectivity index (χ2v) is 5.71. The van der Waals surface area contributed by atoms with E-state index in [-0.39, 0.29) is 6.04 Å². The summed E-state index contributed by atoms with van der Waals surface area (Å²) >= 11 is 15.2. The minimum absolute atomic E-state index is 0.228. The van der Waals surface area contributed by atoms with Crippen LogP contribution < -0.4 is 5.32 Å². The maximum absolute atomic E-state index is 5.91. The lowest BCUT2D eigenvalue weighted by atomic mass is 10.1. The molecule has 2 nitrogen and oxygen atoms in total. The van der Waals surface area contributed by atoms with Crippen LogP contribution in [0.1, 0.15) is 20.3 Å². The Balaban J connectivity index is 2.70. The summed E-state index contributed by atoms with van der Waals surface area (Å²) < 4.78 is 0.860. The second kappa shape index (κ2) is 6.67. The summed E-state index contributed by atoms with van der Waals surface area (Å²) in [6.07, 6.45) is 2.63. The fraction of sp³-hybridized carbons (Fsp3) is 0.545. The van der Waals surface area contributed by atoms with Crippen molar-refractivity contribution in [3.05, 3.63) is 21.8 Å². The number of anilines is 1. The van der Waals surface area contributed by atoms with Crippen LogP contribution in [0.5, 0.6) is 0 Å². The molecule has 0 aromatic carbocycles. The molecule has 1 atom stereocenters. The molecular formula is C11H15BrCl2N2. The van der Waals surface area contributed by atoms with E-state index < -0.39 is 0 Å². The Morgan fingerprint density at radius 2 is 2.19 bits per heavy atom. The van der Waals surface area contributed by atoms with Crippen molar-refractivity contribution in [1.29, 1.82) is 0 Å². The lowest BCUT2D eigenvalue weighted by Crippen LogP contribution is -2.24. The van der Waals surface area contributed by atoms with Crippen LogP contribution in [0.25, 0.3) is 0 Å². The van der Waals surface area contributed by atoms with E-state index in [0.29, 0.717) is 16.8 Å². The number of rotatable bonds is 5. The van der Waals surface area contributed by atoms with Crippen LogP contribution in [-0.4, -0.2) is 16.9 Å². The van der Waals surface area contributed by atoms with Crippen molar-refractivity contribution in [2.75, 3.05) is 11.2 Å². The second-order valence-electron chi connectivity index (χ2n) is 4.11. The molecule has 0 amide bonds. The van der Waals surface area contributed by atoms with Crippen LogP contribution in [0.15, 0.2) is 16.7 Å². The van der Waals surface area contributed by atoms with Gasteiger partial charge in [0.05, 0.1) is 9.50 Å². The quantitative estimate of drug-likeness (QED) is 0.802. The van der Waals surface area contributed by atoms with Crippen molar-refractivity contribution in [3.8, 4) is 0 Å². The number of alkyl halides is 1. The Hall–Kier alpha value is 0.01000. The van der Waals surface area contributed by atoms with E-state index >= 15 is 0 Å². The summed E-state index contributed by atoms with van der Waals surface area (Å²) in [5, 5.41) is 3.92. The smallest absolute Gasteiger partial charge is 0.140 e. The van der Waals surface area contributed by atoms with Gasteiger partial charge in [0.2, 0.25) is 0 Å². The van der Waals surface area contributed by atoms with Gasteiger partial charge in [-0.2, -0.15) is 0 Å². The fourth-order valence-corrected chi connectivity index (χ4v) is 2.40. The van der Waals surface area contributed by atoms with Crippen molar-refractivity contribution in [1.82, 2.24) is 4.98 Å². The Morgan fingerprint density at radius 3 is 2.69 bits per heavy atom. The molecule has 0 radical (unpaired) electrons. The average molecular weight is 326 g/mol. The third-order valence-electron chi connectivity index (χ3n) is 2.09. The first-order chi connectivity index (χ1) is 7.52. The summed E-state index contributed by atoms with van der Waals surface area (Å²) in [7, 11) is 0. The van der Waals surface area contributed by atoms with E-state index in [9.17, 15) is 0 Å². The number of nitrogens with one attached hydrogen (secondary N) is 1. The molecule has 90 valence electrons. The predicted molar refractivity (Wildman–Crippen MR) is 74.5 cm³/mol. The minimum Gasteiger partial charge on any atom is -0.365 e. The first-order valence-corrected chi connectivity index (χ1v) is 6.87. The van der Waals surface area contributed by atoms with Crippen LogP contribution in [-0.2, 0) is 0 Å². The summed E-state index contributed by atoms with van der Waals surface area (Å²) in [5.41, 5.74) is 0. The molecule has 0 saturated heterocycles. The van der Waals surface area contributed by atoms with Gasteiger partial charge in [0.25, 0.3) is 0 Å². The van der Waals surface area contributed by atoms with Crippen molar-refractivity contribution in [2.45, 2.75) is 26.3 Å². The fourth-order valence-electron chi connectivity index (χ4n) is 1.44. The third kappa shape index (κ3) is 4.48. The molecule has 16 heavy (non-hydrogen) atoms. The molecule has 1 aromatic heterocycles. The molecule has 0 spiro atoms. The lowest BCUT2D eigenvalue weighted by Gasteiger charge is -2.19. The number of pyridine rings is 1. The van der Waals surface area contributed by atoms with E-state index in [1.165, 1.54) is 0 Å². The Bertz CT molecular complexity index is 345. The molecule has 1 unspecified atom stereocenters. The molecular weight excluding hydrogens is 311 g/mol. The number of hydrogen-bond donors (Lipinski definition) is 1. The molecule has 1 aromatic rings. The highest BCUT2D eigenvalue weighted by molar-refractivity contribution is 9.10. The average Bonchev–Trinajstić information content (AvgIpc) is 2.20. The van der Waals surface area contributed by atoms with Crippen molar-refractivity contribution >= 4 is 44.9 Å². The molecule has 0 aliphatic heterocycles. The molecule has 0 saturated carbocycles. The van der Waals surface area contributed by atoms with E-state index in [2.05, 4.69) is 40.1 Å². The molecule has 1 heterocycles. The van der Waals surface area contributed by atoms with Crippen LogP contribution >= 0.6 is 39.1 Å². The highest BCUT2D eigenvalue weighted by Crippen LogP contribution is 2.24. The standard InChI is InChI=1S/C11H15BrCl2N2/c1-7(2)3-9(5-13)16-11-10(12)4-8(14)6-15-11/h4,6-7,9H,3,5H2,1-2H3,(H,15,16). The highest BCUT2D eigenvalue weighted by Gasteiger charge is 2.12. The molecule has 5 heteroatoms. The largest absolute Gasteiger partial charge is 0.365 e. The lowest BCUT2D eigenvalue weighted by molar-refractivity contribution is 0.541. The van der Waals surface area contributed by atoms with Gasteiger partial charge >= 0.3 is 0 Å². The van der Waals surface area contributed by atoms with Gasteiger partial charge in [0, 0.05) is 18.1 Å². The Kier molecular flexibility index (Phi) is 5.87. The summed E-state index contributed by atoms with van der Waals surface area (Å²) in [6, 6.07) is 2.05. The van der Waals surface area contributed by atoms with Crippen molar-refractivity contribution in [2.24, 2.45) is 5.92 Å². The van der Waals surface area contributed by atoms with Crippen molar-refractivity contribution < 1.29 is 0 Å². The highest BCUT2D eigenvalue weighted by atomic mass is 79.9. The first-order valence-electron chi connectivity index (χ1n) is 5.16. The van der Waals surface area contributed by atoms with E-state index in [0.717, 1.165) is 16.7 Å². The number of nitrogens with zero attached hydrogens (tertiary/aromatic N) is 1. The van der Waals surface area contributed by atoms with E-state index in [1.54, 1.807) is 6.20 Å². The molecule has 1 rings (SSSR count). The van der Waals surface area contributed by atoms with Crippen LogP contribution in [0.4, 0.5) is 5.82 Å². The topological polar surface area (TPSA) is 24.9 Å². The molecule has 0 aliphatic rings. The zero-order chi connectivity index (χ0) is 12.1. The van der Waals surface area contributed by atoms with Gasteiger partial charge in [-0.1, -0.05) is 25.4 Å². The summed E-state index contributed by atoms with van der Waals surface area (Å²) in [6.45, 7) is 4.34. The monoisotopic (exact) mass is 324 g/mol. The summed E-state index contributed by atoms with van der Waals surface area (Å²) in [5.74, 6) is 1.95. The normalized spacial score (nSPS) is 12.9. The summed E-state index contributed by atoms with van der Waals surface area (Å²) in [4.78, 5) is 4.22. The third-order valence-corrected chi connectivity index (χ3v) is 3.27. The van der Waals surface area contributed by atoms with Crippen LogP contribution in [0.2, 0.25) is 5.02 Å².